The lowest BCUT2D eigenvalue weighted by Crippen LogP contribution is -2.32. The average molecular weight is 530 g/mol. The van der Waals surface area contributed by atoms with Gasteiger partial charge in [-0.2, -0.15) is 15.0 Å². The fourth-order valence-corrected chi connectivity index (χ4v) is 14.8. The lowest BCUT2D eigenvalue weighted by molar-refractivity contribution is 0.796. The van der Waals surface area contributed by atoms with Crippen LogP contribution >= 0.6 is 38.3 Å². The largest absolute Gasteiger partial charge is 0.227 e. The zero-order valence-electron chi connectivity index (χ0n) is 21.3. The van der Waals surface area contributed by atoms with Crippen LogP contribution in [0.2, 0.25) is 10.6 Å². The van der Waals surface area contributed by atoms with Crippen LogP contribution in [0, 0.1) is 41.5 Å². The van der Waals surface area contributed by atoms with E-state index in [1.807, 2.05) is 0 Å². The third-order valence-electron chi connectivity index (χ3n) is 6.09. The second-order valence-corrected chi connectivity index (χ2v) is 16.5. The number of benzene rings is 2. The van der Waals surface area contributed by atoms with Gasteiger partial charge < -0.3 is 0 Å². The predicted molar refractivity (Wildman–Crippen MR) is 153 cm³/mol. The van der Waals surface area contributed by atoms with Crippen molar-refractivity contribution in [1.82, 2.24) is 15.0 Å². The molecule has 0 spiro atoms. The molecule has 0 aliphatic carbocycles. The van der Waals surface area contributed by atoms with Crippen molar-refractivity contribution >= 4 is 53.9 Å². The highest BCUT2D eigenvalue weighted by molar-refractivity contribution is 8.17. The summed E-state index contributed by atoms with van der Waals surface area (Å²) >= 11 is 12.6. The molecule has 0 bridgehead atoms. The fourth-order valence-electron chi connectivity index (χ4n) is 5.11. The van der Waals surface area contributed by atoms with Gasteiger partial charge >= 0.3 is 0 Å². The summed E-state index contributed by atoms with van der Waals surface area (Å²) < 4.78 is 0. The van der Waals surface area contributed by atoms with Gasteiger partial charge in [-0.3, -0.25) is 0 Å². The molecule has 0 saturated carbocycles. The quantitative estimate of drug-likeness (QED) is 0.325. The van der Waals surface area contributed by atoms with E-state index in [0.29, 0.717) is 5.57 Å². The normalized spacial score (nSPS) is 17.3. The van der Waals surface area contributed by atoms with E-state index in [1.165, 1.54) is 54.6 Å². The third kappa shape index (κ3) is 4.54. The summed E-state index contributed by atoms with van der Waals surface area (Å²) in [5.74, 6) is 0. The first-order valence-corrected chi connectivity index (χ1v) is 14.8. The van der Waals surface area contributed by atoms with Crippen molar-refractivity contribution in [1.29, 1.82) is 0 Å². The van der Waals surface area contributed by atoms with Crippen molar-refractivity contribution in [3.63, 3.8) is 0 Å². The Balaban J connectivity index is 2.23. The zero-order valence-corrected chi connectivity index (χ0v) is 24.6. The number of halogens is 2. The lowest BCUT2D eigenvalue weighted by Gasteiger charge is -2.43. The summed E-state index contributed by atoms with van der Waals surface area (Å²) in [5.41, 5.74) is 11.2. The van der Waals surface area contributed by atoms with Crippen molar-refractivity contribution in [2.45, 2.75) is 67.5 Å². The number of hydrogen-bond acceptors (Lipinski definition) is 3. The maximum atomic E-state index is 6.31. The molecule has 34 heavy (non-hydrogen) atoms. The molecule has 0 N–H and O–H groups in total. The van der Waals surface area contributed by atoms with E-state index in [4.69, 9.17) is 23.2 Å². The molecule has 178 valence electrons. The molecule has 7 heteroatoms. The Bertz CT molecular complexity index is 1290. The van der Waals surface area contributed by atoms with Gasteiger partial charge in [0.05, 0.1) is 0 Å². The molecule has 0 fully saturated rings. The summed E-state index contributed by atoms with van der Waals surface area (Å²) in [7, 11) is -1.57. The van der Waals surface area contributed by atoms with Crippen molar-refractivity contribution in [2.75, 3.05) is 0 Å². The Hall–Kier alpha value is -1.50. The highest BCUT2D eigenvalue weighted by atomic mass is 35.5. The molecule has 3 nitrogen and oxygen atoms in total. The molecule has 1 aliphatic rings. The maximum absolute atomic E-state index is 6.31. The monoisotopic (exact) mass is 529 g/mol. The molecule has 1 aliphatic heterocycles. The topological polar surface area (TPSA) is 38.7 Å². The van der Waals surface area contributed by atoms with Gasteiger partial charge in [-0.05, 0) is 118 Å². The SMILES string of the molecule is Cc1cc(C)c(C2=P(c3nc(Cl)nc(Cl)n3)=C(c3c(C)cc(C)cc3C)P2C(C)(C)C)c(C)c1. The number of hydrogen-bond donors (Lipinski definition) is 0. The van der Waals surface area contributed by atoms with Crippen molar-refractivity contribution in [3.8, 4) is 0 Å². The lowest BCUT2D eigenvalue weighted by atomic mass is 10.0. The van der Waals surface area contributed by atoms with E-state index in [1.54, 1.807) is 0 Å². The molecule has 0 radical (unpaired) electrons. The van der Waals surface area contributed by atoms with Crippen LogP contribution in [-0.2, 0) is 0 Å². The van der Waals surface area contributed by atoms with Crippen LogP contribution in [0.4, 0.5) is 0 Å². The first-order chi connectivity index (χ1) is 15.8. The van der Waals surface area contributed by atoms with Crippen LogP contribution in [0.5, 0.6) is 0 Å². The Morgan fingerprint density at radius 3 is 1.29 bits per heavy atom. The summed E-state index contributed by atoms with van der Waals surface area (Å²) in [4.78, 5) is 13.3. The highest BCUT2D eigenvalue weighted by Gasteiger charge is 2.43. The van der Waals surface area contributed by atoms with Crippen molar-refractivity contribution in [2.24, 2.45) is 0 Å². The standard InChI is InChI=1S/C27H31Cl2N3P2/c1-14-10-16(3)20(17(4)11-14)22-33(26-31-24(28)30-25(29)32-26)23(34(22)27(7,8)9)21-18(5)12-15(2)13-19(21)6/h10-13H,1-9H3. The van der Waals surface area contributed by atoms with E-state index in [-0.39, 0.29) is 15.7 Å². The minimum Gasteiger partial charge on any atom is -0.194 e. The molecule has 0 amide bonds. The molecule has 4 rings (SSSR count). The van der Waals surface area contributed by atoms with Gasteiger partial charge in [0.25, 0.3) is 0 Å². The Labute approximate surface area is 215 Å². The average Bonchev–Trinajstić information content (AvgIpc) is 2.62. The van der Waals surface area contributed by atoms with Gasteiger partial charge in [-0.1, -0.05) is 56.2 Å². The second kappa shape index (κ2) is 9.18. The molecular formula is C27H31Cl2N3P2. The van der Waals surface area contributed by atoms with Crippen molar-refractivity contribution < 1.29 is 0 Å². The maximum Gasteiger partial charge on any atom is 0.227 e. The second-order valence-electron chi connectivity index (χ2n) is 10.2. The van der Waals surface area contributed by atoms with E-state index in [2.05, 4.69) is 102 Å². The number of aryl methyl sites for hydroxylation is 6. The van der Waals surface area contributed by atoms with Gasteiger partial charge in [0.1, 0.15) is 0 Å². The fraction of sp³-hybridized carbons (Fsp3) is 0.370. The van der Waals surface area contributed by atoms with Crippen LogP contribution in [0.25, 0.3) is 0 Å². The first kappa shape index (κ1) is 25.6. The predicted octanol–water partition coefficient (Wildman–Crippen LogP) is 7.79. The molecule has 1 aromatic heterocycles. The zero-order chi connectivity index (χ0) is 25.1. The number of aromatic nitrogens is 3. The van der Waals surface area contributed by atoms with E-state index in [9.17, 15) is 0 Å². The van der Waals surface area contributed by atoms with E-state index >= 15 is 0 Å². The summed E-state index contributed by atoms with van der Waals surface area (Å²) in [6, 6.07) is 9.14. The number of nitrogens with zero attached hydrogens (tertiary/aromatic N) is 3. The van der Waals surface area contributed by atoms with Gasteiger partial charge in [-0.15, -0.1) is 0 Å². The smallest absolute Gasteiger partial charge is 0.194 e. The molecule has 0 unspecified atom stereocenters. The minimum atomic E-state index is -0.961. The van der Waals surface area contributed by atoms with Crippen LogP contribution in [0.1, 0.15) is 65.3 Å². The van der Waals surface area contributed by atoms with Crippen molar-refractivity contribution in [3.05, 3.63) is 79.3 Å². The van der Waals surface area contributed by atoms with Gasteiger partial charge in [0.15, 0.2) is 5.57 Å². The molecular weight excluding hydrogens is 499 g/mol. The van der Waals surface area contributed by atoms with E-state index in [0.717, 1.165) is 0 Å². The summed E-state index contributed by atoms with van der Waals surface area (Å²) in [6.07, 6.45) is 0. The molecule has 2 aromatic carbocycles. The molecule has 0 saturated heterocycles. The third-order valence-corrected chi connectivity index (χ3v) is 13.4. The van der Waals surface area contributed by atoms with E-state index < -0.39 is 15.1 Å². The highest BCUT2D eigenvalue weighted by Crippen LogP contribution is 2.67. The van der Waals surface area contributed by atoms with Crippen LogP contribution in [-0.4, -0.2) is 30.2 Å². The van der Waals surface area contributed by atoms with Gasteiger partial charge in [-0.25, -0.2) is 0 Å². The first-order valence-electron chi connectivity index (χ1n) is 11.4. The van der Waals surface area contributed by atoms with Gasteiger partial charge in [0.2, 0.25) is 10.6 Å². The summed E-state index contributed by atoms with van der Waals surface area (Å²) in [6.45, 7) is 20.3. The molecule has 3 aromatic rings. The van der Waals surface area contributed by atoms with Crippen LogP contribution in [0.15, 0.2) is 24.3 Å². The molecule has 2 heterocycles. The minimum absolute atomic E-state index is 0.0764. The Kier molecular flexibility index (Phi) is 6.91. The number of rotatable bonds is 3. The Morgan fingerprint density at radius 2 is 0.971 bits per heavy atom. The summed E-state index contributed by atoms with van der Waals surface area (Å²) in [5, 5.41) is 3.32. The van der Waals surface area contributed by atoms with Gasteiger partial charge in [0, 0.05) is 10.1 Å². The Morgan fingerprint density at radius 1 is 0.618 bits per heavy atom. The van der Waals surface area contributed by atoms with Crippen LogP contribution in [0.3, 0.4) is 0 Å². The van der Waals surface area contributed by atoms with Crippen LogP contribution < -0.4 is 5.57 Å². The molecule has 0 atom stereocenters.